The highest BCUT2D eigenvalue weighted by atomic mass is 15.1. The van der Waals surface area contributed by atoms with Gasteiger partial charge in [0.25, 0.3) is 0 Å². The second kappa shape index (κ2) is 3.35. The molecule has 1 aliphatic carbocycles. The van der Waals surface area contributed by atoms with Gasteiger partial charge in [-0.05, 0) is 25.3 Å². The van der Waals surface area contributed by atoms with Crippen LogP contribution in [-0.2, 0) is 0 Å². The molecule has 2 nitrogen and oxygen atoms in total. The zero-order chi connectivity index (χ0) is 7.56. The molecule has 2 unspecified atom stereocenters. The molecular weight excluding hydrogens is 124 g/mol. The van der Waals surface area contributed by atoms with E-state index in [1.807, 2.05) is 0 Å². The minimum Gasteiger partial charge on any atom is -0.329 e. The van der Waals surface area contributed by atoms with Gasteiger partial charge in [-0.1, -0.05) is 6.92 Å². The van der Waals surface area contributed by atoms with Gasteiger partial charge in [0.15, 0.2) is 0 Å². The molecule has 1 fully saturated rings. The van der Waals surface area contributed by atoms with Crippen molar-refractivity contribution >= 4 is 0 Å². The van der Waals surface area contributed by atoms with E-state index in [0.717, 1.165) is 24.9 Å². The van der Waals surface area contributed by atoms with Gasteiger partial charge in [0.05, 0.1) is 0 Å². The number of nitrogens with two attached hydrogens (primary N) is 1. The second-order valence-corrected chi connectivity index (χ2v) is 3.52. The third-order valence-electron chi connectivity index (χ3n) is 2.33. The summed E-state index contributed by atoms with van der Waals surface area (Å²) in [5, 5.41) is 0. The summed E-state index contributed by atoms with van der Waals surface area (Å²) in [6.07, 6.45) is 1.43. The molecule has 0 amide bonds. The lowest BCUT2D eigenvalue weighted by molar-refractivity contribution is 0.323. The Kier molecular flexibility index (Phi) is 2.69. The van der Waals surface area contributed by atoms with Gasteiger partial charge < -0.3 is 10.6 Å². The van der Waals surface area contributed by atoms with E-state index < -0.39 is 0 Å². The number of hydrogen-bond donors (Lipinski definition) is 1. The zero-order valence-electron chi connectivity index (χ0n) is 7.01. The lowest BCUT2D eigenvalue weighted by Crippen LogP contribution is -2.27. The van der Waals surface area contributed by atoms with Crippen LogP contribution in [0.25, 0.3) is 0 Å². The minimum absolute atomic E-state index is 0.789. The topological polar surface area (TPSA) is 29.3 Å². The Balaban J connectivity index is 2.01. The van der Waals surface area contributed by atoms with Crippen molar-refractivity contribution < 1.29 is 0 Å². The first kappa shape index (κ1) is 8.02. The molecule has 0 spiro atoms. The third-order valence-corrected chi connectivity index (χ3v) is 2.33. The van der Waals surface area contributed by atoms with Crippen LogP contribution in [0.1, 0.15) is 13.3 Å². The van der Waals surface area contributed by atoms with Crippen molar-refractivity contribution in [3.63, 3.8) is 0 Å². The molecule has 2 heteroatoms. The molecule has 1 aliphatic rings. The molecule has 0 aliphatic heterocycles. The van der Waals surface area contributed by atoms with Crippen molar-refractivity contribution in [2.75, 3.05) is 26.7 Å². The van der Waals surface area contributed by atoms with Gasteiger partial charge in [-0.3, -0.25) is 0 Å². The summed E-state index contributed by atoms with van der Waals surface area (Å²) in [5.74, 6) is 1.94. The molecule has 0 aromatic carbocycles. The first-order valence-electron chi connectivity index (χ1n) is 4.12. The fourth-order valence-corrected chi connectivity index (χ4v) is 1.37. The van der Waals surface area contributed by atoms with Crippen LogP contribution in [0.2, 0.25) is 0 Å². The molecule has 0 heterocycles. The molecule has 0 aromatic heterocycles. The van der Waals surface area contributed by atoms with Crippen molar-refractivity contribution in [1.29, 1.82) is 0 Å². The average molecular weight is 142 g/mol. The predicted molar refractivity (Wildman–Crippen MR) is 43.8 cm³/mol. The summed E-state index contributed by atoms with van der Waals surface area (Å²) < 4.78 is 0. The van der Waals surface area contributed by atoms with E-state index in [-0.39, 0.29) is 0 Å². The summed E-state index contributed by atoms with van der Waals surface area (Å²) in [5.41, 5.74) is 5.42. The molecule has 60 valence electrons. The lowest BCUT2D eigenvalue weighted by Gasteiger charge is -2.14. The maximum atomic E-state index is 5.42. The number of hydrogen-bond acceptors (Lipinski definition) is 2. The standard InChI is InChI=1S/C8H18N2/c1-7-5-8(7)6-10(2)4-3-9/h7-8H,3-6,9H2,1-2H3. The summed E-state index contributed by atoms with van der Waals surface area (Å²) in [4.78, 5) is 2.33. The molecule has 0 radical (unpaired) electrons. The zero-order valence-corrected chi connectivity index (χ0v) is 7.01. The van der Waals surface area contributed by atoms with Crippen LogP contribution in [0.15, 0.2) is 0 Å². The molecule has 0 saturated heterocycles. The summed E-state index contributed by atoms with van der Waals surface area (Å²) in [7, 11) is 2.15. The first-order chi connectivity index (χ1) is 4.74. The Bertz CT molecular complexity index is 103. The van der Waals surface area contributed by atoms with E-state index >= 15 is 0 Å². The normalized spacial score (nSPS) is 31.2. The van der Waals surface area contributed by atoms with E-state index in [1.165, 1.54) is 13.0 Å². The van der Waals surface area contributed by atoms with E-state index in [2.05, 4.69) is 18.9 Å². The van der Waals surface area contributed by atoms with E-state index in [1.54, 1.807) is 0 Å². The van der Waals surface area contributed by atoms with Gasteiger partial charge in [-0.15, -0.1) is 0 Å². The van der Waals surface area contributed by atoms with Gasteiger partial charge in [0.2, 0.25) is 0 Å². The molecule has 2 atom stereocenters. The molecule has 1 rings (SSSR count). The Morgan fingerprint density at radius 3 is 2.60 bits per heavy atom. The number of likely N-dealkylation sites (N-methyl/N-ethyl adjacent to an activating group) is 1. The Labute approximate surface area is 63.4 Å². The highest BCUT2D eigenvalue weighted by molar-refractivity contribution is 4.84. The molecule has 1 saturated carbocycles. The highest BCUT2D eigenvalue weighted by Crippen LogP contribution is 2.37. The van der Waals surface area contributed by atoms with Gasteiger partial charge in [0.1, 0.15) is 0 Å². The Morgan fingerprint density at radius 1 is 1.60 bits per heavy atom. The summed E-state index contributed by atoms with van der Waals surface area (Å²) in [6.45, 7) is 5.40. The predicted octanol–water partition coefficient (Wildman–Crippen LogP) is 0.533. The van der Waals surface area contributed by atoms with E-state index in [0.29, 0.717) is 0 Å². The van der Waals surface area contributed by atoms with Crippen molar-refractivity contribution in [2.24, 2.45) is 17.6 Å². The van der Waals surface area contributed by atoms with Crippen molar-refractivity contribution in [3.8, 4) is 0 Å². The second-order valence-electron chi connectivity index (χ2n) is 3.52. The largest absolute Gasteiger partial charge is 0.329 e. The smallest absolute Gasteiger partial charge is 0.0102 e. The quantitative estimate of drug-likeness (QED) is 0.620. The monoisotopic (exact) mass is 142 g/mol. The van der Waals surface area contributed by atoms with Crippen LogP contribution in [0.5, 0.6) is 0 Å². The van der Waals surface area contributed by atoms with Crippen molar-refractivity contribution in [2.45, 2.75) is 13.3 Å². The fourth-order valence-electron chi connectivity index (χ4n) is 1.37. The molecule has 2 N–H and O–H groups in total. The maximum absolute atomic E-state index is 5.42. The lowest BCUT2D eigenvalue weighted by atomic mass is 10.3. The van der Waals surface area contributed by atoms with Crippen molar-refractivity contribution in [1.82, 2.24) is 4.90 Å². The SMILES string of the molecule is CC1CC1CN(C)CCN. The Hall–Kier alpha value is -0.0800. The molecular formula is C8H18N2. The molecule has 0 bridgehead atoms. The molecule has 0 aromatic rings. The van der Waals surface area contributed by atoms with Crippen LogP contribution in [0, 0.1) is 11.8 Å². The van der Waals surface area contributed by atoms with Crippen LogP contribution in [0.3, 0.4) is 0 Å². The summed E-state index contributed by atoms with van der Waals surface area (Å²) in [6, 6.07) is 0. The average Bonchev–Trinajstić information content (AvgIpc) is 2.47. The van der Waals surface area contributed by atoms with E-state index in [9.17, 15) is 0 Å². The number of rotatable bonds is 4. The third kappa shape index (κ3) is 2.27. The van der Waals surface area contributed by atoms with Crippen LogP contribution < -0.4 is 5.73 Å². The van der Waals surface area contributed by atoms with Crippen LogP contribution >= 0.6 is 0 Å². The fraction of sp³-hybridized carbons (Fsp3) is 1.00. The first-order valence-corrected chi connectivity index (χ1v) is 4.12. The van der Waals surface area contributed by atoms with Crippen LogP contribution in [-0.4, -0.2) is 31.6 Å². The molecule has 10 heavy (non-hydrogen) atoms. The maximum Gasteiger partial charge on any atom is 0.0102 e. The van der Waals surface area contributed by atoms with Crippen molar-refractivity contribution in [3.05, 3.63) is 0 Å². The number of nitrogens with zero attached hydrogens (tertiary/aromatic N) is 1. The van der Waals surface area contributed by atoms with E-state index in [4.69, 9.17) is 5.73 Å². The highest BCUT2D eigenvalue weighted by Gasteiger charge is 2.32. The van der Waals surface area contributed by atoms with Gasteiger partial charge in [-0.25, -0.2) is 0 Å². The summed E-state index contributed by atoms with van der Waals surface area (Å²) >= 11 is 0. The van der Waals surface area contributed by atoms with Gasteiger partial charge in [-0.2, -0.15) is 0 Å². The Morgan fingerprint density at radius 2 is 2.20 bits per heavy atom. The minimum atomic E-state index is 0.789. The van der Waals surface area contributed by atoms with Crippen LogP contribution in [0.4, 0.5) is 0 Å². The van der Waals surface area contributed by atoms with Gasteiger partial charge in [0, 0.05) is 19.6 Å². The van der Waals surface area contributed by atoms with Gasteiger partial charge >= 0.3 is 0 Å².